The summed E-state index contributed by atoms with van der Waals surface area (Å²) in [6.07, 6.45) is 0. The predicted molar refractivity (Wildman–Crippen MR) is 64.4 cm³/mol. The molecule has 96 valence electrons. The molecule has 0 bridgehead atoms. The van der Waals surface area contributed by atoms with Gasteiger partial charge in [0, 0.05) is 24.2 Å². The second-order valence-corrected chi connectivity index (χ2v) is 4.23. The lowest BCUT2D eigenvalue weighted by atomic mass is 10.1. The Hall–Kier alpha value is -1.95. The molecule has 0 radical (unpaired) electrons. The molecule has 0 spiro atoms. The molecule has 1 aromatic rings. The van der Waals surface area contributed by atoms with E-state index in [0.29, 0.717) is 25.3 Å². The highest BCUT2D eigenvalue weighted by Crippen LogP contribution is 2.16. The van der Waals surface area contributed by atoms with Crippen molar-refractivity contribution in [3.05, 3.63) is 39.9 Å². The Kier molecular flexibility index (Phi) is 3.57. The van der Waals surface area contributed by atoms with Gasteiger partial charge in [0.1, 0.15) is 0 Å². The highest BCUT2D eigenvalue weighted by Gasteiger charge is 2.24. The van der Waals surface area contributed by atoms with Crippen LogP contribution in [0.5, 0.6) is 0 Å². The summed E-state index contributed by atoms with van der Waals surface area (Å²) in [6, 6.07) is 5.70. The van der Waals surface area contributed by atoms with Crippen LogP contribution in [0.25, 0.3) is 0 Å². The number of amides is 1. The maximum Gasteiger partial charge on any atom is 0.269 e. The van der Waals surface area contributed by atoms with Gasteiger partial charge < -0.3 is 9.64 Å². The van der Waals surface area contributed by atoms with Gasteiger partial charge in [-0.2, -0.15) is 0 Å². The van der Waals surface area contributed by atoms with E-state index in [4.69, 9.17) is 4.74 Å². The van der Waals surface area contributed by atoms with E-state index in [2.05, 4.69) is 0 Å². The van der Waals surface area contributed by atoms with Crippen LogP contribution >= 0.6 is 0 Å². The number of nitro groups is 1. The molecule has 1 heterocycles. The Bertz CT molecular complexity index is 458. The summed E-state index contributed by atoms with van der Waals surface area (Å²) in [5.41, 5.74) is 0.455. The number of nitrogens with zero attached hydrogens (tertiary/aromatic N) is 2. The first kappa shape index (κ1) is 12.5. The molecule has 1 aromatic carbocycles. The normalized spacial score (nSPS) is 19.6. The highest BCUT2D eigenvalue weighted by molar-refractivity contribution is 5.94. The van der Waals surface area contributed by atoms with E-state index in [-0.39, 0.29) is 17.6 Å². The van der Waals surface area contributed by atoms with Crippen molar-refractivity contribution in [2.75, 3.05) is 19.8 Å². The lowest BCUT2D eigenvalue weighted by Crippen LogP contribution is -2.47. The van der Waals surface area contributed by atoms with Crippen molar-refractivity contribution < 1.29 is 14.5 Å². The zero-order valence-corrected chi connectivity index (χ0v) is 10.0. The SMILES string of the molecule is C[C@H]1COCCN1C(=O)c1ccc([N+](=O)[O-])cc1. The zero-order valence-electron chi connectivity index (χ0n) is 10.0. The van der Waals surface area contributed by atoms with Crippen LogP contribution in [0, 0.1) is 10.1 Å². The summed E-state index contributed by atoms with van der Waals surface area (Å²) < 4.78 is 5.27. The number of carbonyl (C=O) groups is 1. The minimum Gasteiger partial charge on any atom is -0.377 e. The number of carbonyl (C=O) groups excluding carboxylic acids is 1. The van der Waals surface area contributed by atoms with Crippen LogP contribution in [-0.2, 0) is 4.74 Å². The number of ether oxygens (including phenoxy) is 1. The molecule has 0 aliphatic carbocycles. The van der Waals surface area contributed by atoms with Gasteiger partial charge in [-0.25, -0.2) is 0 Å². The van der Waals surface area contributed by atoms with Crippen molar-refractivity contribution in [2.45, 2.75) is 13.0 Å². The minimum atomic E-state index is -0.481. The maximum atomic E-state index is 12.2. The number of nitro benzene ring substituents is 1. The van der Waals surface area contributed by atoms with Gasteiger partial charge in [-0.1, -0.05) is 0 Å². The topological polar surface area (TPSA) is 72.7 Å². The monoisotopic (exact) mass is 250 g/mol. The summed E-state index contributed by atoms with van der Waals surface area (Å²) >= 11 is 0. The largest absolute Gasteiger partial charge is 0.377 e. The van der Waals surface area contributed by atoms with Crippen LogP contribution in [0.2, 0.25) is 0 Å². The molecule has 1 saturated heterocycles. The molecule has 1 aliphatic heterocycles. The van der Waals surface area contributed by atoms with Gasteiger partial charge in [0.25, 0.3) is 11.6 Å². The van der Waals surface area contributed by atoms with E-state index >= 15 is 0 Å². The van der Waals surface area contributed by atoms with Gasteiger partial charge >= 0.3 is 0 Å². The number of rotatable bonds is 2. The Balaban J connectivity index is 2.15. The van der Waals surface area contributed by atoms with E-state index in [1.807, 2.05) is 6.92 Å². The standard InChI is InChI=1S/C12H14N2O4/c1-9-8-18-7-6-13(9)12(15)10-2-4-11(5-3-10)14(16)17/h2-5,9H,6-8H2,1H3/t9-/m0/s1. The first-order valence-corrected chi connectivity index (χ1v) is 5.73. The maximum absolute atomic E-state index is 12.2. The molecule has 6 nitrogen and oxygen atoms in total. The fourth-order valence-electron chi connectivity index (χ4n) is 1.92. The van der Waals surface area contributed by atoms with Crippen LogP contribution in [0.3, 0.4) is 0 Å². The Morgan fingerprint density at radius 2 is 2.11 bits per heavy atom. The molecule has 0 unspecified atom stereocenters. The van der Waals surface area contributed by atoms with E-state index in [9.17, 15) is 14.9 Å². The zero-order chi connectivity index (χ0) is 13.1. The molecule has 0 N–H and O–H groups in total. The van der Waals surface area contributed by atoms with Gasteiger partial charge in [-0.15, -0.1) is 0 Å². The predicted octanol–water partition coefficient (Wildman–Crippen LogP) is 1.46. The molecule has 0 saturated carbocycles. The van der Waals surface area contributed by atoms with Gasteiger partial charge in [0.05, 0.1) is 24.2 Å². The summed E-state index contributed by atoms with van der Waals surface area (Å²) in [7, 11) is 0. The van der Waals surface area contributed by atoms with Crippen LogP contribution in [0.1, 0.15) is 17.3 Å². The average molecular weight is 250 g/mol. The van der Waals surface area contributed by atoms with Crippen LogP contribution in [0.15, 0.2) is 24.3 Å². The van der Waals surface area contributed by atoms with Crippen molar-refractivity contribution in [1.82, 2.24) is 4.90 Å². The highest BCUT2D eigenvalue weighted by atomic mass is 16.6. The van der Waals surface area contributed by atoms with Gasteiger partial charge in [0.2, 0.25) is 0 Å². The van der Waals surface area contributed by atoms with Crippen molar-refractivity contribution in [1.29, 1.82) is 0 Å². The lowest BCUT2D eigenvalue weighted by Gasteiger charge is -2.33. The molecule has 1 amide bonds. The van der Waals surface area contributed by atoms with E-state index in [1.165, 1.54) is 24.3 Å². The van der Waals surface area contributed by atoms with Gasteiger partial charge in [0.15, 0.2) is 0 Å². The van der Waals surface area contributed by atoms with Gasteiger partial charge in [-0.05, 0) is 19.1 Å². The smallest absolute Gasteiger partial charge is 0.269 e. The van der Waals surface area contributed by atoms with E-state index < -0.39 is 4.92 Å². The minimum absolute atomic E-state index is 0.0124. The van der Waals surface area contributed by atoms with Crippen LogP contribution < -0.4 is 0 Å². The summed E-state index contributed by atoms with van der Waals surface area (Å²) in [4.78, 5) is 24.0. The second kappa shape index (κ2) is 5.14. The summed E-state index contributed by atoms with van der Waals surface area (Å²) in [5, 5.41) is 10.5. The summed E-state index contributed by atoms with van der Waals surface area (Å²) in [5.74, 6) is -0.110. The number of morpholine rings is 1. The molecule has 18 heavy (non-hydrogen) atoms. The Morgan fingerprint density at radius 1 is 1.44 bits per heavy atom. The molecule has 0 aromatic heterocycles. The number of benzene rings is 1. The quantitative estimate of drug-likeness (QED) is 0.588. The number of hydrogen-bond acceptors (Lipinski definition) is 4. The Labute approximate surface area is 104 Å². The first-order valence-electron chi connectivity index (χ1n) is 5.73. The summed E-state index contributed by atoms with van der Waals surface area (Å²) in [6.45, 7) is 3.53. The molecular formula is C12H14N2O4. The lowest BCUT2D eigenvalue weighted by molar-refractivity contribution is -0.384. The van der Waals surface area contributed by atoms with E-state index in [1.54, 1.807) is 4.90 Å². The van der Waals surface area contributed by atoms with Crippen molar-refractivity contribution in [2.24, 2.45) is 0 Å². The molecule has 1 fully saturated rings. The average Bonchev–Trinajstić information content (AvgIpc) is 2.38. The molecular weight excluding hydrogens is 236 g/mol. The fraction of sp³-hybridized carbons (Fsp3) is 0.417. The van der Waals surface area contributed by atoms with Crippen molar-refractivity contribution >= 4 is 11.6 Å². The third kappa shape index (κ3) is 2.48. The molecule has 1 atom stereocenters. The third-order valence-electron chi connectivity index (χ3n) is 2.95. The molecule has 6 heteroatoms. The Morgan fingerprint density at radius 3 is 2.67 bits per heavy atom. The van der Waals surface area contributed by atoms with E-state index in [0.717, 1.165) is 0 Å². The number of hydrogen-bond donors (Lipinski definition) is 0. The fourth-order valence-corrected chi connectivity index (χ4v) is 1.92. The molecule has 2 rings (SSSR count). The number of non-ortho nitro benzene ring substituents is 1. The molecule has 1 aliphatic rings. The van der Waals surface area contributed by atoms with Crippen LogP contribution in [-0.4, -0.2) is 41.5 Å². The van der Waals surface area contributed by atoms with Crippen LogP contribution in [0.4, 0.5) is 5.69 Å². The van der Waals surface area contributed by atoms with Crippen molar-refractivity contribution in [3.8, 4) is 0 Å². The van der Waals surface area contributed by atoms with Gasteiger partial charge in [-0.3, -0.25) is 14.9 Å². The third-order valence-corrected chi connectivity index (χ3v) is 2.95. The second-order valence-electron chi connectivity index (χ2n) is 4.23. The van der Waals surface area contributed by atoms with Crippen molar-refractivity contribution in [3.63, 3.8) is 0 Å². The first-order chi connectivity index (χ1) is 8.59.